The summed E-state index contributed by atoms with van der Waals surface area (Å²) in [5.41, 5.74) is 0.899. The Kier molecular flexibility index (Phi) is 4.44. The number of benzene rings is 1. The number of hydroxylamine groups is 2. The first-order valence-electron chi connectivity index (χ1n) is 6.48. The highest BCUT2D eigenvalue weighted by Crippen LogP contribution is 2.03. The second-order valence-electron chi connectivity index (χ2n) is 4.66. The summed E-state index contributed by atoms with van der Waals surface area (Å²) in [6.45, 7) is 0. The molecule has 2 N–H and O–H groups in total. The van der Waals surface area contributed by atoms with Gasteiger partial charge in [0.1, 0.15) is 5.82 Å². The molecular formula is C14H17N5O2. The van der Waals surface area contributed by atoms with Crippen molar-refractivity contribution in [3.63, 3.8) is 0 Å². The first-order valence-corrected chi connectivity index (χ1v) is 6.48. The molecule has 0 aliphatic heterocycles. The Labute approximate surface area is 122 Å². The summed E-state index contributed by atoms with van der Waals surface area (Å²) >= 11 is 0. The smallest absolute Gasteiger partial charge is 0.286 e. The van der Waals surface area contributed by atoms with Crippen LogP contribution in [0.5, 0.6) is 0 Å². The van der Waals surface area contributed by atoms with Crippen LogP contribution in [-0.2, 0) is 19.9 Å². The predicted molar refractivity (Wildman–Crippen MR) is 74.6 cm³/mol. The average molecular weight is 287 g/mol. The number of carbonyl (C=O) groups excluding carboxylic acids is 1. The Morgan fingerprint density at radius 1 is 1.33 bits per heavy atom. The zero-order valence-electron chi connectivity index (χ0n) is 11.9. The summed E-state index contributed by atoms with van der Waals surface area (Å²) in [5, 5.41) is 21.6. The molecule has 0 fully saturated rings. The van der Waals surface area contributed by atoms with Gasteiger partial charge in [-0.15, -0.1) is 0 Å². The number of nitrogens with one attached hydrogen (secondary N) is 1. The molecule has 2 aromatic rings. The highest BCUT2D eigenvalue weighted by molar-refractivity contribution is 5.90. The fourth-order valence-corrected chi connectivity index (χ4v) is 1.89. The molecule has 0 bridgehead atoms. The molecule has 0 saturated heterocycles. The van der Waals surface area contributed by atoms with E-state index in [1.165, 1.54) is 11.7 Å². The number of nitrogens with zero attached hydrogens (tertiary/aromatic N) is 4. The molecule has 2 rings (SSSR count). The van der Waals surface area contributed by atoms with Gasteiger partial charge in [-0.05, 0) is 12.0 Å². The zero-order valence-corrected chi connectivity index (χ0v) is 11.9. The fraction of sp³-hybridized carbons (Fsp3) is 0.286. The third kappa shape index (κ3) is 3.51. The van der Waals surface area contributed by atoms with Crippen molar-refractivity contribution in [3.8, 4) is 0 Å². The van der Waals surface area contributed by atoms with Gasteiger partial charge < -0.3 is 0 Å². The highest BCUT2D eigenvalue weighted by atomic mass is 16.5. The van der Waals surface area contributed by atoms with Crippen molar-refractivity contribution < 1.29 is 10.0 Å². The normalized spacial score (nSPS) is 10.4. The van der Waals surface area contributed by atoms with Gasteiger partial charge in [0.25, 0.3) is 5.91 Å². The van der Waals surface area contributed by atoms with Crippen molar-refractivity contribution in [3.05, 3.63) is 52.9 Å². The van der Waals surface area contributed by atoms with Gasteiger partial charge in [-0.25, -0.2) is 14.7 Å². The maximum Gasteiger partial charge on any atom is 0.299 e. The molecular weight excluding hydrogens is 270 g/mol. The van der Waals surface area contributed by atoms with Crippen molar-refractivity contribution in [2.45, 2.75) is 12.8 Å². The van der Waals surface area contributed by atoms with Gasteiger partial charge in [0.15, 0.2) is 11.2 Å². The summed E-state index contributed by atoms with van der Waals surface area (Å²) in [6, 6.07) is 9.87. The lowest BCUT2D eigenvalue weighted by molar-refractivity contribution is -0.0382. The van der Waals surface area contributed by atoms with E-state index in [4.69, 9.17) is 5.41 Å². The summed E-state index contributed by atoms with van der Waals surface area (Å²) in [6.07, 6.45) is 1.29. The molecule has 0 saturated carbocycles. The molecule has 0 aliphatic carbocycles. The van der Waals surface area contributed by atoms with Crippen molar-refractivity contribution in [2.75, 3.05) is 7.05 Å². The lowest BCUT2D eigenvalue weighted by Gasteiger charge is -2.10. The monoisotopic (exact) mass is 287 g/mol. The van der Waals surface area contributed by atoms with Gasteiger partial charge in [0.2, 0.25) is 0 Å². The molecule has 1 aromatic carbocycles. The summed E-state index contributed by atoms with van der Waals surface area (Å²) < 4.78 is 1.28. The van der Waals surface area contributed by atoms with Gasteiger partial charge in [-0.2, -0.15) is 5.10 Å². The van der Waals surface area contributed by atoms with Crippen LogP contribution >= 0.6 is 0 Å². The summed E-state index contributed by atoms with van der Waals surface area (Å²) in [7, 11) is 2.78. The number of hydrogen-bond donors (Lipinski definition) is 2. The molecule has 0 spiro atoms. The van der Waals surface area contributed by atoms with Crippen LogP contribution < -0.4 is 5.49 Å². The largest absolute Gasteiger partial charge is 0.299 e. The molecule has 110 valence electrons. The number of aromatic nitrogens is 3. The SMILES string of the molecule is CN(O)C(=O)c1nc(CCc2ccccc2)nn(C)c1=N. The number of aryl methyl sites for hydroxylation is 3. The van der Waals surface area contributed by atoms with Crippen molar-refractivity contribution in [2.24, 2.45) is 7.05 Å². The van der Waals surface area contributed by atoms with Crippen molar-refractivity contribution in [1.82, 2.24) is 19.8 Å². The van der Waals surface area contributed by atoms with E-state index in [9.17, 15) is 10.0 Å². The second kappa shape index (κ2) is 6.27. The van der Waals surface area contributed by atoms with Crippen LogP contribution in [0.25, 0.3) is 0 Å². The Morgan fingerprint density at radius 3 is 2.62 bits per heavy atom. The lowest BCUT2D eigenvalue weighted by Crippen LogP contribution is -2.35. The fourth-order valence-electron chi connectivity index (χ4n) is 1.89. The number of hydrogen-bond acceptors (Lipinski definition) is 5. The maximum atomic E-state index is 11.8. The van der Waals surface area contributed by atoms with Crippen LogP contribution in [0.4, 0.5) is 0 Å². The molecule has 7 nitrogen and oxygen atoms in total. The van der Waals surface area contributed by atoms with Crippen LogP contribution in [-0.4, -0.2) is 38.0 Å². The molecule has 1 aromatic heterocycles. The van der Waals surface area contributed by atoms with Crippen LogP contribution in [0.3, 0.4) is 0 Å². The minimum Gasteiger partial charge on any atom is -0.286 e. The molecule has 21 heavy (non-hydrogen) atoms. The first-order chi connectivity index (χ1) is 9.99. The van der Waals surface area contributed by atoms with Gasteiger partial charge in [-0.3, -0.25) is 15.4 Å². The molecule has 0 aliphatic rings. The average Bonchev–Trinajstić information content (AvgIpc) is 2.48. The molecule has 1 heterocycles. The standard InChI is InChI=1S/C14H17N5O2/c1-18-13(15)12(14(20)19(2)21)16-11(17-18)9-8-10-6-4-3-5-7-10/h3-7,15,21H,8-9H2,1-2H3. The van der Waals surface area contributed by atoms with E-state index in [1.807, 2.05) is 30.3 Å². The topological polar surface area (TPSA) is 95.1 Å². The predicted octanol–water partition coefficient (Wildman–Crippen LogP) is 0.541. The van der Waals surface area contributed by atoms with E-state index in [-0.39, 0.29) is 11.2 Å². The third-order valence-corrected chi connectivity index (χ3v) is 3.03. The minimum atomic E-state index is -0.723. The lowest BCUT2D eigenvalue weighted by atomic mass is 10.1. The van der Waals surface area contributed by atoms with Gasteiger partial charge in [0.05, 0.1) is 0 Å². The highest BCUT2D eigenvalue weighted by Gasteiger charge is 2.16. The van der Waals surface area contributed by atoms with E-state index in [2.05, 4.69) is 10.1 Å². The molecule has 1 amide bonds. The van der Waals surface area contributed by atoms with Crippen LogP contribution in [0.1, 0.15) is 21.9 Å². The van der Waals surface area contributed by atoms with Crippen molar-refractivity contribution >= 4 is 5.91 Å². The summed E-state index contributed by atoms with van der Waals surface area (Å²) in [5.74, 6) is -0.262. The first kappa shape index (κ1) is 14.9. The quantitative estimate of drug-likeness (QED) is 0.634. The van der Waals surface area contributed by atoms with Crippen LogP contribution in [0.15, 0.2) is 30.3 Å². The minimum absolute atomic E-state index is 0.111. The molecule has 0 radical (unpaired) electrons. The number of carbonyl (C=O) groups is 1. The Balaban J connectivity index is 2.25. The zero-order chi connectivity index (χ0) is 15.4. The van der Waals surface area contributed by atoms with Gasteiger partial charge in [-0.1, -0.05) is 30.3 Å². The molecule has 0 atom stereocenters. The summed E-state index contributed by atoms with van der Waals surface area (Å²) in [4.78, 5) is 15.9. The van der Waals surface area contributed by atoms with Crippen LogP contribution in [0, 0.1) is 5.41 Å². The van der Waals surface area contributed by atoms with E-state index >= 15 is 0 Å². The molecule has 7 heteroatoms. The number of amides is 1. The van der Waals surface area contributed by atoms with E-state index in [0.717, 1.165) is 12.0 Å². The molecule has 0 unspecified atom stereocenters. The Hall–Kier alpha value is -2.54. The Morgan fingerprint density at radius 2 is 2.00 bits per heavy atom. The Bertz CT molecular complexity index is 694. The number of rotatable bonds is 4. The van der Waals surface area contributed by atoms with E-state index in [0.29, 0.717) is 17.3 Å². The maximum absolute atomic E-state index is 11.8. The van der Waals surface area contributed by atoms with E-state index < -0.39 is 5.91 Å². The van der Waals surface area contributed by atoms with Crippen molar-refractivity contribution in [1.29, 1.82) is 5.41 Å². The van der Waals surface area contributed by atoms with Crippen LogP contribution in [0.2, 0.25) is 0 Å². The van der Waals surface area contributed by atoms with Gasteiger partial charge >= 0.3 is 0 Å². The van der Waals surface area contributed by atoms with E-state index in [1.54, 1.807) is 7.05 Å². The van der Waals surface area contributed by atoms with Gasteiger partial charge in [0, 0.05) is 20.5 Å². The third-order valence-electron chi connectivity index (χ3n) is 3.03. The second-order valence-corrected chi connectivity index (χ2v) is 4.66.